The zero-order valence-corrected chi connectivity index (χ0v) is 16.6. The quantitative estimate of drug-likeness (QED) is 0.391. The molecular formula is C17H30Cl2N2O6. The summed E-state index contributed by atoms with van der Waals surface area (Å²) in [6.45, 7) is 0.409. The maximum atomic E-state index is 10.5. The van der Waals surface area contributed by atoms with Crippen LogP contribution in [0.2, 0.25) is 0 Å². The average Bonchev–Trinajstić information content (AvgIpc) is 2.63. The predicted octanol–water partition coefficient (Wildman–Crippen LogP) is 1.45. The Balaban J connectivity index is -0.000000350. The molecule has 8 nitrogen and oxygen atoms in total. The monoisotopic (exact) mass is 428 g/mol. The smallest absolute Gasteiger partial charge is 0.335 e. The molecule has 1 saturated carbocycles. The first-order valence-corrected chi connectivity index (χ1v) is 8.06. The van der Waals surface area contributed by atoms with Crippen molar-refractivity contribution in [2.45, 2.75) is 32.2 Å². The standard InChI is InChI=1S/C8H15NO2.C8H9NO2.CH4O2.2ClH/c2*9-5-6-1-3-7(4-2-6)8(10)11;2-1-3;;/h6-7H,1-5,9H2,(H,10,11);1-4H,5,9H2,(H,10,11);2-3H,1H2;2*1H. The molecule has 0 unspecified atom stereocenters. The zero-order valence-electron chi connectivity index (χ0n) is 15.0. The SMILES string of the molecule is Cl.Cl.NCC1CCC(C(=O)O)CC1.NCc1ccc(C(=O)O)cc1.OCO. The van der Waals surface area contributed by atoms with E-state index in [1.165, 1.54) is 0 Å². The minimum atomic E-state index is -0.909. The number of benzene rings is 1. The normalized spacial score (nSPS) is 17.5. The molecule has 0 atom stereocenters. The van der Waals surface area contributed by atoms with Gasteiger partial charge in [0.05, 0.1) is 11.5 Å². The largest absolute Gasteiger partial charge is 0.481 e. The Hall–Kier alpha value is -1.42. The van der Waals surface area contributed by atoms with Crippen LogP contribution in [-0.2, 0) is 11.3 Å². The van der Waals surface area contributed by atoms with Gasteiger partial charge in [0.25, 0.3) is 0 Å². The Morgan fingerprint density at radius 3 is 1.67 bits per heavy atom. The summed E-state index contributed by atoms with van der Waals surface area (Å²) in [4.78, 5) is 20.9. The van der Waals surface area contributed by atoms with Crippen LogP contribution >= 0.6 is 24.8 Å². The lowest BCUT2D eigenvalue weighted by atomic mass is 9.82. The molecule has 2 rings (SSSR count). The summed E-state index contributed by atoms with van der Waals surface area (Å²) in [7, 11) is 0. The topological polar surface area (TPSA) is 167 Å². The van der Waals surface area contributed by atoms with Gasteiger partial charge in [-0.3, -0.25) is 4.79 Å². The van der Waals surface area contributed by atoms with Crippen LogP contribution in [0.15, 0.2) is 24.3 Å². The highest BCUT2D eigenvalue weighted by molar-refractivity contribution is 5.87. The van der Waals surface area contributed by atoms with E-state index in [2.05, 4.69) is 0 Å². The fraction of sp³-hybridized carbons (Fsp3) is 0.529. The Labute approximate surface area is 171 Å². The number of carboxylic acids is 2. The highest BCUT2D eigenvalue weighted by Gasteiger charge is 2.24. The van der Waals surface area contributed by atoms with E-state index >= 15 is 0 Å². The Morgan fingerprint density at radius 1 is 0.926 bits per heavy atom. The number of aliphatic hydroxyl groups is 2. The fourth-order valence-electron chi connectivity index (χ4n) is 2.43. The van der Waals surface area contributed by atoms with E-state index in [1.807, 2.05) is 0 Å². The summed E-state index contributed by atoms with van der Waals surface area (Å²) in [6.07, 6.45) is 3.62. The van der Waals surface area contributed by atoms with Gasteiger partial charge >= 0.3 is 11.9 Å². The van der Waals surface area contributed by atoms with Crippen LogP contribution in [0.4, 0.5) is 0 Å². The molecule has 1 aliphatic carbocycles. The third-order valence-corrected chi connectivity index (χ3v) is 3.97. The van der Waals surface area contributed by atoms with Crippen LogP contribution in [0.3, 0.4) is 0 Å². The van der Waals surface area contributed by atoms with Crippen LogP contribution in [0, 0.1) is 11.8 Å². The van der Waals surface area contributed by atoms with Gasteiger partial charge in [-0.25, -0.2) is 4.79 Å². The molecule has 0 radical (unpaired) electrons. The van der Waals surface area contributed by atoms with E-state index in [-0.39, 0.29) is 30.7 Å². The Bertz CT molecular complexity index is 509. The van der Waals surface area contributed by atoms with Gasteiger partial charge in [-0.1, -0.05) is 12.1 Å². The number of carbonyl (C=O) groups is 2. The predicted molar refractivity (Wildman–Crippen MR) is 107 cm³/mol. The number of hydrogen-bond donors (Lipinski definition) is 6. The summed E-state index contributed by atoms with van der Waals surface area (Å²) in [5.74, 6) is -1.07. The van der Waals surface area contributed by atoms with E-state index in [4.69, 9.17) is 31.9 Å². The second-order valence-corrected chi connectivity index (χ2v) is 5.64. The van der Waals surface area contributed by atoms with Crippen LogP contribution in [0.5, 0.6) is 0 Å². The van der Waals surface area contributed by atoms with Crippen LogP contribution in [0.1, 0.15) is 41.6 Å². The minimum Gasteiger partial charge on any atom is -0.481 e. The van der Waals surface area contributed by atoms with Gasteiger partial charge in [0.2, 0.25) is 0 Å². The Morgan fingerprint density at radius 2 is 1.37 bits per heavy atom. The van der Waals surface area contributed by atoms with E-state index in [1.54, 1.807) is 24.3 Å². The molecule has 1 aliphatic rings. The first-order chi connectivity index (χ1) is 11.9. The number of aromatic carboxylic acids is 1. The van der Waals surface area contributed by atoms with Gasteiger partial charge in [-0.05, 0) is 55.8 Å². The number of halogens is 2. The summed E-state index contributed by atoms with van der Waals surface area (Å²) >= 11 is 0. The molecule has 1 aromatic carbocycles. The van der Waals surface area contributed by atoms with Crippen molar-refractivity contribution in [3.63, 3.8) is 0 Å². The first-order valence-electron chi connectivity index (χ1n) is 8.06. The van der Waals surface area contributed by atoms with Crippen LogP contribution in [-0.4, -0.2) is 45.7 Å². The molecule has 27 heavy (non-hydrogen) atoms. The van der Waals surface area contributed by atoms with E-state index in [9.17, 15) is 9.59 Å². The molecule has 0 saturated heterocycles. The van der Waals surface area contributed by atoms with Crippen LogP contribution < -0.4 is 11.5 Å². The molecule has 0 heterocycles. The molecule has 158 valence electrons. The molecule has 10 heteroatoms. The third kappa shape index (κ3) is 13.4. The number of nitrogens with two attached hydrogens (primary N) is 2. The number of aliphatic carboxylic acids is 1. The van der Waals surface area contributed by atoms with Gasteiger partial charge in [0, 0.05) is 6.54 Å². The van der Waals surface area contributed by atoms with Gasteiger partial charge in [0.15, 0.2) is 0 Å². The first kappa shape index (κ1) is 30.3. The molecule has 0 amide bonds. The van der Waals surface area contributed by atoms with E-state index in [0.29, 0.717) is 24.6 Å². The van der Waals surface area contributed by atoms with Crippen LogP contribution in [0.25, 0.3) is 0 Å². The molecule has 1 aromatic rings. The zero-order chi connectivity index (χ0) is 19.2. The van der Waals surface area contributed by atoms with Crippen molar-refractivity contribution in [3.8, 4) is 0 Å². The van der Waals surface area contributed by atoms with Gasteiger partial charge < -0.3 is 31.9 Å². The lowest BCUT2D eigenvalue weighted by Gasteiger charge is -2.24. The lowest BCUT2D eigenvalue weighted by molar-refractivity contribution is -0.143. The maximum absolute atomic E-state index is 10.5. The number of aliphatic hydroxyl groups excluding tert-OH is 1. The van der Waals surface area contributed by atoms with Gasteiger partial charge in [-0.2, -0.15) is 0 Å². The average molecular weight is 429 g/mol. The number of rotatable bonds is 4. The number of carboxylic acid groups (broad SMARTS) is 2. The lowest BCUT2D eigenvalue weighted by Crippen LogP contribution is -2.25. The molecule has 1 fully saturated rings. The Kier molecular flexibility index (Phi) is 20.2. The van der Waals surface area contributed by atoms with Crippen molar-refractivity contribution in [1.29, 1.82) is 0 Å². The highest BCUT2D eigenvalue weighted by atomic mass is 35.5. The summed E-state index contributed by atoms with van der Waals surface area (Å²) in [5.41, 5.74) is 12.0. The van der Waals surface area contributed by atoms with E-state index in [0.717, 1.165) is 31.2 Å². The molecule has 0 aromatic heterocycles. The molecule has 0 spiro atoms. The highest BCUT2D eigenvalue weighted by Crippen LogP contribution is 2.27. The molecule has 0 aliphatic heterocycles. The maximum Gasteiger partial charge on any atom is 0.335 e. The van der Waals surface area contributed by atoms with Crippen molar-refractivity contribution in [3.05, 3.63) is 35.4 Å². The van der Waals surface area contributed by atoms with Crippen molar-refractivity contribution >= 4 is 36.8 Å². The van der Waals surface area contributed by atoms with Crippen molar-refractivity contribution < 1.29 is 30.0 Å². The van der Waals surface area contributed by atoms with Crippen molar-refractivity contribution in [2.75, 3.05) is 13.3 Å². The van der Waals surface area contributed by atoms with Gasteiger partial charge in [-0.15, -0.1) is 24.8 Å². The second kappa shape index (κ2) is 18.0. The summed E-state index contributed by atoms with van der Waals surface area (Å²) in [5, 5.41) is 31.4. The van der Waals surface area contributed by atoms with Crippen molar-refractivity contribution in [2.24, 2.45) is 23.3 Å². The third-order valence-electron chi connectivity index (χ3n) is 3.97. The van der Waals surface area contributed by atoms with E-state index < -0.39 is 18.7 Å². The summed E-state index contributed by atoms with van der Waals surface area (Å²) < 4.78 is 0. The molecular weight excluding hydrogens is 399 g/mol. The summed E-state index contributed by atoms with van der Waals surface area (Å²) in [6, 6.07) is 6.52. The molecule has 8 N–H and O–H groups in total. The minimum absolute atomic E-state index is 0. The number of hydrogen-bond acceptors (Lipinski definition) is 6. The second-order valence-electron chi connectivity index (χ2n) is 5.64. The molecule has 0 bridgehead atoms. The van der Waals surface area contributed by atoms with Gasteiger partial charge in [0.1, 0.15) is 6.79 Å². The van der Waals surface area contributed by atoms with Crippen molar-refractivity contribution in [1.82, 2.24) is 0 Å². The fourth-order valence-corrected chi connectivity index (χ4v) is 2.43.